The first kappa shape index (κ1) is 18.5. The number of carbonyl (C=O) groups is 1. The van der Waals surface area contributed by atoms with E-state index in [9.17, 15) is 4.79 Å². The Morgan fingerprint density at radius 3 is 2.64 bits per heavy atom. The molecule has 1 saturated carbocycles. The van der Waals surface area contributed by atoms with E-state index in [1.807, 2.05) is 12.1 Å². The number of hydrogen-bond acceptors (Lipinski definition) is 4. The molecule has 1 aliphatic carbocycles. The fourth-order valence-corrected chi connectivity index (χ4v) is 3.89. The zero-order valence-electron chi connectivity index (χ0n) is 16.1. The molecule has 0 aliphatic heterocycles. The molecule has 0 bridgehead atoms. The molecule has 0 unspecified atom stereocenters. The molecule has 1 aliphatic rings. The lowest BCUT2D eigenvalue weighted by Crippen LogP contribution is -2.35. The Balaban J connectivity index is 1.28. The normalized spacial score (nSPS) is 15.3. The summed E-state index contributed by atoms with van der Waals surface area (Å²) < 4.78 is 0. The highest BCUT2D eigenvalue weighted by atomic mass is 16.2. The van der Waals surface area contributed by atoms with Gasteiger partial charge in [-0.1, -0.05) is 43.9 Å². The lowest BCUT2D eigenvalue weighted by molar-refractivity contribution is 0.0927. The van der Waals surface area contributed by atoms with Crippen molar-refractivity contribution in [3.05, 3.63) is 53.9 Å². The molecule has 2 aromatic heterocycles. The molecule has 1 amide bonds. The number of H-pyrrole nitrogens is 1. The van der Waals surface area contributed by atoms with Crippen LogP contribution in [-0.2, 0) is 6.42 Å². The highest BCUT2D eigenvalue weighted by Crippen LogP contribution is 2.19. The average Bonchev–Trinajstić information content (AvgIpc) is 2.96. The van der Waals surface area contributed by atoms with Crippen LogP contribution in [0.1, 0.15) is 54.6 Å². The molecule has 6 nitrogen and oxygen atoms in total. The van der Waals surface area contributed by atoms with Crippen molar-refractivity contribution < 1.29 is 4.79 Å². The first-order valence-electron chi connectivity index (χ1n) is 10.2. The zero-order chi connectivity index (χ0) is 19.2. The topological polar surface area (TPSA) is 82.7 Å². The molecule has 28 heavy (non-hydrogen) atoms. The smallest absolute Gasteiger partial charge is 0.272 e. The van der Waals surface area contributed by atoms with Crippen molar-refractivity contribution >= 4 is 22.6 Å². The Kier molecular flexibility index (Phi) is 5.85. The summed E-state index contributed by atoms with van der Waals surface area (Å²) in [5.74, 6) is 0.565. The van der Waals surface area contributed by atoms with Gasteiger partial charge in [0.1, 0.15) is 5.82 Å². The third-order valence-corrected chi connectivity index (χ3v) is 5.46. The van der Waals surface area contributed by atoms with Gasteiger partial charge in [-0.25, -0.2) is 0 Å². The molecule has 0 spiro atoms. The molecule has 4 rings (SSSR count). The molecule has 3 aromatic rings. The van der Waals surface area contributed by atoms with Crippen LogP contribution >= 0.6 is 0 Å². The minimum atomic E-state index is -0.121. The van der Waals surface area contributed by atoms with Crippen LogP contribution in [0, 0.1) is 0 Å². The summed E-state index contributed by atoms with van der Waals surface area (Å²) in [5.41, 5.74) is 2.81. The van der Waals surface area contributed by atoms with Crippen LogP contribution in [0.5, 0.6) is 0 Å². The Bertz CT molecular complexity index is 910. The van der Waals surface area contributed by atoms with Crippen molar-refractivity contribution in [3.63, 3.8) is 0 Å². The third kappa shape index (κ3) is 4.50. The summed E-state index contributed by atoms with van der Waals surface area (Å²) in [5, 5.41) is 15.9. The van der Waals surface area contributed by atoms with Gasteiger partial charge in [0.25, 0.3) is 5.91 Å². The molecule has 6 heteroatoms. The second-order valence-electron chi connectivity index (χ2n) is 7.50. The van der Waals surface area contributed by atoms with Gasteiger partial charge in [0.2, 0.25) is 0 Å². The summed E-state index contributed by atoms with van der Waals surface area (Å²) >= 11 is 0. The Labute approximate surface area is 165 Å². The largest absolute Gasteiger partial charge is 0.368 e. The maximum atomic E-state index is 12.4. The standard InChI is InChI=1S/C22H27N5O/c28-22(25-17-7-3-1-2-4-8-17)20-11-12-21(27-26-20)23-14-13-16-15-24-19-10-6-5-9-18(16)19/h5-6,9-12,15,17,24H,1-4,7-8,13-14H2,(H,23,27)(H,25,28). The Morgan fingerprint density at radius 2 is 1.86 bits per heavy atom. The van der Waals surface area contributed by atoms with Crippen LogP contribution in [0.2, 0.25) is 0 Å². The summed E-state index contributed by atoms with van der Waals surface area (Å²) in [6.45, 7) is 0.754. The number of benzene rings is 1. The Morgan fingerprint density at radius 1 is 1.04 bits per heavy atom. The molecule has 0 atom stereocenters. The molecule has 0 radical (unpaired) electrons. The molecule has 1 aromatic carbocycles. The van der Waals surface area contributed by atoms with Crippen molar-refractivity contribution in [2.45, 2.75) is 51.0 Å². The number of rotatable bonds is 6. The monoisotopic (exact) mass is 377 g/mol. The lowest BCUT2D eigenvalue weighted by atomic mass is 10.1. The molecule has 0 saturated heterocycles. The van der Waals surface area contributed by atoms with E-state index < -0.39 is 0 Å². The molecular formula is C22H27N5O. The van der Waals surface area contributed by atoms with Crippen molar-refractivity contribution in [2.75, 3.05) is 11.9 Å². The number of anilines is 1. The van der Waals surface area contributed by atoms with Gasteiger partial charge in [-0.2, -0.15) is 0 Å². The summed E-state index contributed by atoms with van der Waals surface area (Å²) in [4.78, 5) is 15.7. The van der Waals surface area contributed by atoms with E-state index in [4.69, 9.17) is 0 Å². The van der Waals surface area contributed by atoms with Crippen molar-refractivity contribution in [1.82, 2.24) is 20.5 Å². The summed E-state index contributed by atoms with van der Waals surface area (Å²) in [6, 6.07) is 12.1. The van der Waals surface area contributed by atoms with E-state index in [1.165, 1.54) is 36.6 Å². The van der Waals surface area contributed by atoms with Gasteiger partial charge >= 0.3 is 0 Å². The summed E-state index contributed by atoms with van der Waals surface area (Å²) in [7, 11) is 0. The number of fused-ring (bicyclic) bond motifs is 1. The number of nitrogens with zero attached hydrogens (tertiary/aromatic N) is 2. The first-order valence-corrected chi connectivity index (χ1v) is 10.2. The molecule has 146 valence electrons. The molecule has 2 heterocycles. The number of hydrogen-bond donors (Lipinski definition) is 3. The SMILES string of the molecule is O=C(NC1CCCCCC1)c1ccc(NCCc2c[nH]c3ccccc23)nn1. The maximum Gasteiger partial charge on any atom is 0.272 e. The van der Waals surface area contributed by atoms with E-state index >= 15 is 0 Å². The quantitative estimate of drug-likeness (QED) is 0.566. The summed E-state index contributed by atoms with van der Waals surface area (Å²) in [6.07, 6.45) is 9.98. The number of aromatic nitrogens is 3. The van der Waals surface area contributed by atoms with Crippen LogP contribution in [0.25, 0.3) is 10.9 Å². The fraction of sp³-hybridized carbons (Fsp3) is 0.409. The number of carbonyl (C=O) groups excluding carboxylic acids is 1. The van der Waals surface area contributed by atoms with Gasteiger partial charge in [-0.05, 0) is 43.0 Å². The average molecular weight is 377 g/mol. The maximum absolute atomic E-state index is 12.4. The van der Waals surface area contributed by atoms with E-state index in [0.29, 0.717) is 11.5 Å². The highest BCUT2D eigenvalue weighted by molar-refractivity contribution is 5.92. The predicted molar refractivity (Wildman–Crippen MR) is 111 cm³/mol. The molecular weight excluding hydrogens is 350 g/mol. The van der Waals surface area contributed by atoms with E-state index in [2.05, 4.69) is 50.2 Å². The predicted octanol–water partition coefficient (Wildman–Crippen LogP) is 4.07. The number of aromatic amines is 1. The van der Waals surface area contributed by atoms with E-state index in [1.54, 1.807) is 6.07 Å². The zero-order valence-corrected chi connectivity index (χ0v) is 16.1. The van der Waals surface area contributed by atoms with Gasteiger partial charge in [0.15, 0.2) is 5.69 Å². The number of amides is 1. The lowest BCUT2D eigenvalue weighted by Gasteiger charge is -2.15. The van der Waals surface area contributed by atoms with Crippen molar-refractivity contribution in [3.8, 4) is 0 Å². The number of nitrogens with one attached hydrogen (secondary N) is 3. The van der Waals surface area contributed by atoms with Crippen LogP contribution < -0.4 is 10.6 Å². The van der Waals surface area contributed by atoms with Gasteiger partial charge in [0.05, 0.1) is 0 Å². The molecule has 1 fully saturated rings. The highest BCUT2D eigenvalue weighted by Gasteiger charge is 2.16. The van der Waals surface area contributed by atoms with Gasteiger partial charge in [-0.15, -0.1) is 10.2 Å². The first-order chi connectivity index (χ1) is 13.8. The molecule has 3 N–H and O–H groups in total. The van der Waals surface area contributed by atoms with Crippen molar-refractivity contribution in [1.29, 1.82) is 0 Å². The third-order valence-electron chi connectivity index (χ3n) is 5.46. The van der Waals surface area contributed by atoms with Gasteiger partial charge < -0.3 is 15.6 Å². The second-order valence-corrected chi connectivity index (χ2v) is 7.50. The van der Waals surface area contributed by atoms with E-state index in [0.717, 1.165) is 31.3 Å². The minimum Gasteiger partial charge on any atom is -0.368 e. The van der Waals surface area contributed by atoms with Crippen molar-refractivity contribution in [2.24, 2.45) is 0 Å². The Hall–Kier alpha value is -2.89. The second kappa shape index (κ2) is 8.87. The van der Waals surface area contributed by atoms with Gasteiger partial charge in [0, 0.05) is 29.7 Å². The van der Waals surface area contributed by atoms with Crippen LogP contribution in [0.4, 0.5) is 5.82 Å². The fourth-order valence-electron chi connectivity index (χ4n) is 3.89. The van der Waals surface area contributed by atoms with Crippen LogP contribution in [0.15, 0.2) is 42.6 Å². The number of para-hydroxylation sites is 1. The van der Waals surface area contributed by atoms with E-state index in [-0.39, 0.29) is 11.9 Å². The minimum absolute atomic E-state index is 0.121. The van der Waals surface area contributed by atoms with Crippen LogP contribution in [0.3, 0.4) is 0 Å². The van der Waals surface area contributed by atoms with Crippen LogP contribution in [-0.4, -0.2) is 33.7 Å². The van der Waals surface area contributed by atoms with Gasteiger partial charge in [-0.3, -0.25) is 4.79 Å².